The third-order valence-corrected chi connectivity index (χ3v) is 2.73. The van der Waals surface area contributed by atoms with Gasteiger partial charge < -0.3 is 15.8 Å². The highest BCUT2D eigenvalue weighted by Crippen LogP contribution is 2.25. The number of anilines is 2. The van der Waals surface area contributed by atoms with E-state index >= 15 is 0 Å². The minimum absolute atomic E-state index is 0.418. The maximum Gasteiger partial charge on any atom is 0.236 e. The van der Waals surface area contributed by atoms with Gasteiger partial charge in [-0.3, -0.25) is 0 Å². The van der Waals surface area contributed by atoms with E-state index in [1.165, 1.54) is 13.4 Å². The van der Waals surface area contributed by atoms with Gasteiger partial charge in [0.1, 0.15) is 12.1 Å². The van der Waals surface area contributed by atoms with Crippen LogP contribution in [0.4, 0.5) is 11.5 Å². The molecule has 0 atom stereocenters. The summed E-state index contributed by atoms with van der Waals surface area (Å²) < 4.78 is 5.04. The van der Waals surface area contributed by atoms with E-state index in [0.717, 1.165) is 23.6 Å². The van der Waals surface area contributed by atoms with Gasteiger partial charge >= 0.3 is 0 Å². The number of rotatable bonds is 5. The van der Waals surface area contributed by atoms with Gasteiger partial charge in [0.05, 0.1) is 18.5 Å². The molecule has 0 saturated carbocycles. The summed E-state index contributed by atoms with van der Waals surface area (Å²) >= 11 is 0. The van der Waals surface area contributed by atoms with Crippen LogP contribution in [0, 0.1) is 5.92 Å². The average Bonchev–Trinajstić information content (AvgIpc) is 2.45. The van der Waals surface area contributed by atoms with Crippen molar-refractivity contribution in [2.45, 2.75) is 13.8 Å². The van der Waals surface area contributed by atoms with Gasteiger partial charge in [0.15, 0.2) is 0 Å². The minimum Gasteiger partial charge on any atom is -0.480 e. The average molecular weight is 273 g/mol. The monoisotopic (exact) mass is 273 g/mol. The molecule has 0 amide bonds. The third-order valence-electron chi connectivity index (χ3n) is 2.73. The van der Waals surface area contributed by atoms with E-state index in [1.807, 2.05) is 6.07 Å². The first-order valence-electron chi connectivity index (χ1n) is 6.46. The predicted molar refractivity (Wildman–Crippen MR) is 79.6 cm³/mol. The molecule has 106 valence electrons. The molecule has 0 aliphatic carbocycles. The number of hydrogen-bond acceptors (Lipinski definition) is 6. The van der Waals surface area contributed by atoms with Crippen LogP contribution >= 0.6 is 0 Å². The van der Waals surface area contributed by atoms with Gasteiger partial charge in [0, 0.05) is 24.4 Å². The number of aromatic nitrogens is 3. The highest BCUT2D eigenvalue weighted by molar-refractivity contribution is 5.67. The Hall–Kier alpha value is -2.37. The molecule has 0 bridgehead atoms. The van der Waals surface area contributed by atoms with E-state index in [1.54, 1.807) is 12.3 Å². The Morgan fingerprint density at radius 2 is 2.05 bits per heavy atom. The van der Waals surface area contributed by atoms with Crippen molar-refractivity contribution in [3.63, 3.8) is 0 Å². The number of hydrogen-bond donors (Lipinski definition) is 2. The summed E-state index contributed by atoms with van der Waals surface area (Å²) in [5.74, 6) is 1.76. The van der Waals surface area contributed by atoms with Crippen molar-refractivity contribution in [1.29, 1.82) is 0 Å². The maximum atomic E-state index is 5.86. The molecule has 0 saturated heterocycles. The van der Waals surface area contributed by atoms with E-state index < -0.39 is 0 Å². The van der Waals surface area contributed by atoms with Crippen LogP contribution in [-0.2, 0) is 0 Å². The molecule has 0 aliphatic rings. The molecule has 3 N–H and O–H groups in total. The lowest BCUT2D eigenvalue weighted by Gasteiger charge is -2.09. The number of nitrogen functional groups attached to an aromatic ring is 1. The first-order chi connectivity index (χ1) is 9.60. The maximum absolute atomic E-state index is 5.86. The van der Waals surface area contributed by atoms with E-state index in [9.17, 15) is 0 Å². The molecular weight excluding hydrogens is 254 g/mol. The van der Waals surface area contributed by atoms with Gasteiger partial charge in [-0.1, -0.05) is 13.8 Å². The van der Waals surface area contributed by atoms with Gasteiger partial charge in [0.2, 0.25) is 5.88 Å². The predicted octanol–water partition coefficient (Wildman–Crippen LogP) is 2.20. The fourth-order valence-corrected chi connectivity index (χ4v) is 1.70. The van der Waals surface area contributed by atoms with E-state index in [0.29, 0.717) is 17.5 Å². The molecule has 6 heteroatoms. The van der Waals surface area contributed by atoms with Crippen LogP contribution in [0.5, 0.6) is 5.88 Å². The Labute approximate surface area is 118 Å². The second-order valence-corrected chi connectivity index (χ2v) is 4.89. The minimum atomic E-state index is 0.418. The Morgan fingerprint density at radius 3 is 2.70 bits per heavy atom. The molecule has 0 aromatic carbocycles. The van der Waals surface area contributed by atoms with Gasteiger partial charge in [-0.05, 0) is 12.0 Å². The van der Waals surface area contributed by atoms with E-state index in [2.05, 4.69) is 34.1 Å². The smallest absolute Gasteiger partial charge is 0.236 e. The molecule has 20 heavy (non-hydrogen) atoms. The Kier molecular flexibility index (Phi) is 4.34. The summed E-state index contributed by atoms with van der Waals surface area (Å²) in [7, 11) is 1.54. The summed E-state index contributed by atoms with van der Waals surface area (Å²) in [6.45, 7) is 5.14. The number of nitrogens with one attached hydrogen (secondary N) is 1. The first-order valence-corrected chi connectivity index (χ1v) is 6.46. The molecule has 2 rings (SSSR count). The van der Waals surface area contributed by atoms with Crippen LogP contribution in [0.3, 0.4) is 0 Å². The first kappa shape index (κ1) is 14.0. The highest BCUT2D eigenvalue weighted by atomic mass is 16.5. The van der Waals surface area contributed by atoms with Crippen LogP contribution in [-0.4, -0.2) is 28.6 Å². The van der Waals surface area contributed by atoms with Crippen molar-refractivity contribution in [2.75, 3.05) is 24.7 Å². The van der Waals surface area contributed by atoms with Crippen LogP contribution in [0.2, 0.25) is 0 Å². The topological polar surface area (TPSA) is 86.0 Å². The standard InChI is InChI=1S/C14H19N5O/c1-9(2)6-16-13-5-12(18-8-19-13)10-4-11(15)14(20-3)17-7-10/h4-5,7-9H,6,15H2,1-3H3,(H,16,18,19). The van der Waals surface area contributed by atoms with Crippen LogP contribution in [0.25, 0.3) is 11.3 Å². The van der Waals surface area contributed by atoms with Gasteiger partial charge in [-0.25, -0.2) is 15.0 Å². The fraction of sp³-hybridized carbons (Fsp3) is 0.357. The normalized spacial score (nSPS) is 10.6. The molecule has 2 aromatic rings. The Balaban J connectivity index is 2.24. The lowest BCUT2D eigenvalue weighted by Crippen LogP contribution is -2.09. The summed E-state index contributed by atoms with van der Waals surface area (Å²) in [6.07, 6.45) is 3.21. The van der Waals surface area contributed by atoms with Crippen molar-refractivity contribution >= 4 is 11.5 Å². The zero-order valence-electron chi connectivity index (χ0n) is 11.9. The molecule has 0 aliphatic heterocycles. The van der Waals surface area contributed by atoms with Crippen molar-refractivity contribution in [1.82, 2.24) is 15.0 Å². The molecule has 0 unspecified atom stereocenters. The number of pyridine rings is 1. The van der Waals surface area contributed by atoms with Crippen LogP contribution in [0.1, 0.15) is 13.8 Å². The van der Waals surface area contributed by atoms with Gasteiger partial charge in [0.25, 0.3) is 0 Å². The van der Waals surface area contributed by atoms with E-state index in [4.69, 9.17) is 10.5 Å². The zero-order chi connectivity index (χ0) is 14.5. The lowest BCUT2D eigenvalue weighted by molar-refractivity contribution is 0.400. The molecular formula is C14H19N5O. The Morgan fingerprint density at radius 1 is 1.25 bits per heavy atom. The van der Waals surface area contributed by atoms with Gasteiger partial charge in [-0.2, -0.15) is 0 Å². The molecule has 0 radical (unpaired) electrons. The number of ether oxygens (including phenoxy) is 1. The molecule has 2 heterocycles. The van der Waals surface area contributed by atoms with E-state index in [-0.39, 0.29) is 0 Å². The summed E-state index contributed by atoms with van der Waals surface area (Å²) in [5, 5.41) is 3.26. The second-order valence-electron chi connectivity index (χ2n) is 4.89. The SMILES string of the molecule is COc1ncc(-c2cc(NCC(C)C)ncn2)cc1N. The summed E-state index contributed by atoms with van der Waals surface area (Å²) in [6, 6.07) is 3.67. The quantitative estimate of drug-likeness (QED) is 0.868. The van der Waals surface area contributed by atoms with Gasteiger partial charge in [-0.15, -0.1) is 0 Å². The van der Waals surface area contributed by atoms with Crippen molar-refractivity contribution in [3.05, 3.63) is 24.7 Å². The number of methoxy groups -OCH3 is 1. The fourth-order valence-electron chi connectivity index (χ4n) is 1.70. The van der Waals surface area contributed by atoms with Crippen LogP contribution in [0.15, 0.2) is 24.7 Å². The Bertz CT molecular complexity index is 586. The molecule has 0 fully saturated rings. The number of nitrogens with two attached hydrogens (primary N) is 1. The summed E-state index contributed by atoms with van der Waals surface area (Å²) in [4.78, 5) is 12.6. The van der Waals surface area contributed by atoms with Crippen molar-refractivity contribution < 1.29 is 4.74 Å². The second kappa shape index (κ2) is 6.18. The van der Waals surface area contributed by atoms with Crippen molar-refractivity contribution in [3.8, 4) is 17.1 Å². The highest BCUT2D eigenvalue weighted by Gasteiger charge is 2.07. The summed E-state index contributed by atoms with van der Waals surface area (Å²) in [5.41, 5.74) is 7.95. The zero-order valence-corrected chi connectivity index (χ0v) is 11.9. The molecule has 0 spiro atoms. The number of nitrogens with zero attached hydrogens (tertiary/aromatic N) is 3. The lowest BCUT2D eigenvalue weighted by atomic mass is 10.2. The molecule has 6 nitrogen and oxygen atoms in total. The third kappa shape index (κ3) is 3.34. The van der Waals surface area contributed by atoms with Crippen LogP contribution < -0.4 is 15.8 Å². The largest absolute Gasteiger partial charge is 0.480 e. The molecule has 2 aromatic heterocycles. The van der Waals surface area contributed by atoms with Crippen molar-refractivity contribution in [2.24, 2.45) is 5.92 Å².